The summed E-state index contributed by atoms with van der Waals surface area (Å²) in [5, 5.41) is 3.90. The third-order valence-electron chi connectivity index (χ3n) is 6.19. The first kappa shape index (κ1) is 21.8. The molecule has 1 aromatic carbocycles. The molecule has 0 bridgehead atoms. The number of nitrogens with zero attached hydrogens (tertiary/aromatic N) is 5. The van der Waals surface area contributed by atoms with Crippen LogP contribution in [0.3, 0.4) is 0 Å². The fourth-order valence-electron chi connectivity index (χ4n) is 4.38. The smallest absolute Gasteiger partial charge is 0.348 e. The SMILES string of the molecule is Cc1cc(Nc2nccc(C(F)(F)F)n2)cc(-c2cnc(N3CCC4(C=NCC4)CC3)s2)c1. The van der Waals surface area contributed by atoms with Crippen molar-refractivity contribution in [1.29, 1.82) is 0 Å². The van der Waals surface area contributed by atoms with E-state index in [-0.39, 0.29) is 11.4 Å². The number of thiazole rings is 1. The van der Waals surface area contributed by atoms with Gasteiger partial charge in [-0.15, -0.1) is 0 Å². The van der Waals surface area contributed by atoms with Crippen molar-refractivity contribution in [3.63, 3.8) is 0 Å². The standard InChI is InChI=1S/C23H23F3N6S/c1-15-10-16(12-17(11-15)30-20-28-6-2-19(31-20)23(24,25)26)18-13-29-21(33-18)32-8-4-22(5-9-32)3-7-27-14-22/h2,6,10-14H,3-5,7-9H2,1H3,(H,28,30,31). The molecule has 0 saturated carbocycles. The van der Waals surface area contributed by atoms with Gasteiger partial charge < -0.3 is 10.2 Å². The fraction of sp³-hybridized carbons (Fsp3) is 0.391. The Labute approximate surface area is 193 Å². The van der Waals surface area contributed by atoms with Crippen LogP contribution in [0.25, 0.3) is 10.4 Å². The molecule has 1 spiro atoms. The van der Waals surface area contributed by atoms with Gasteiger partial charge in [-0.25, -0.2) is 15.0 Å². The van der Waals surface area contributed by atoms with Gasteiger partial charge >= 0.3 is 6.18 Å². The molecule has 6 nitrogen and oxygen atoms in total. The van der Waals surface area contributed by atoms with E-state index < -0.39 is 11.9 Å². The summed E-state index contributed by atoms with van der Waals surface area (Å²) in [7, 11) is 0. The second kappa shape index (κ2) is 8.40. The summed E-state index contributed by atoms with van der Waals surface area (Å²) in [6.45, 7) is 4.81. The number of piperidine rings is 1. The highest BCUT2D eigenvalue weighted by molar-refractivity contribution is 7.18. The van der Waals surface area contributed by atoms with E-state index in [9.17, 15) is 13.2 Å². The van der Waals surface area contributed by atoms with Crippen molar-refractivity contribution in [2.45, 2.75) is 32.4 Å². The Morgan fingerprint density at radius 2 is 1.91 bits per heavy atom. The molecule has 0 atom stereocenters. The zero-order chi connectivity index (χ0) is 23.1. The summed E-state index contributed by atoms with van der Waals surface area (Å²) in [4.78, 5) is 19.9. The number of alkyl halides is 3. The second-order valence-corrected chi connectivity index (χ2v) is 9.63. The van der Waals surface area contributed by atoms with Gasteiger partial charge in [-0.3, -0.25) is 4.99 Å². The summed E-state index contributed by atoms with van der Waals surface area (Å²) in [5.74, 6) is -0.0935. The molecule has 1 saturated heterocycles. The molecule has 0 radical (unpaired) electrons. The molecule has 2 aromatic heterocycles. The van der Waals surface area contributed by atoms with E-state index in [4.69, 9.17) is 0 Å². The van der Waals surface area contributed by atoms with Gasteiger partial charge in [0.15, 0.2) is 5.13 Å². The lowest BCUT2D eigenvalue weighted by atomic mass is 9.78. The van der Waals surface area contributed by atoms with Crippen molar-refractivity contribution in [2.24, 2.45) is 10.4 Å². The van der Waals surface area contributed by atoms with Crippen LogP contribution in [0.15, 0.2) is 41.7 Å². The highest BCUT2D eigenvalue weighted by Gasteiger charge is 2.36. The molecule has 4 heterocycles. The van der Waals surface area contributed by atoms with Gasteiger partial charge in [0.05, 0.1) is 4.88 Å². The normalized spacial score (nSPS) is 17.6. The van der Waals surface area contributed by atoms with Crippen molar-refractivity contribution < 1.29 is 13.2 Å². The highest BCUT2D eigenvalue weighted by Crippen LogP contribution is 2.40. The Bertz CT molecular complexity index is 1180. The van der Waals surface area contributed by atoms with Crippen LogP contribution in [-0.4, -0.2) is 40.8 Å². The molecule has 1 N–H and O–H groups in total. The minimum Gasteiger partial charge on any atom is -0.348 e. The molecular weight excluding hydrogens is 449 g/mol. The van der Waals surface area contributed by atoms with Crippen LogP contribution < -0.4 is 10.2 Å². The van der Waals surface area contributed by atoms with E-state index in [2.05, 4.69) is 36.4 Å². The molecule has 5 rings (SSSR count). The van der Waals surface area contributed by atoms with E-state index in [0.717, 1.165) is 72.3 Å². The van der Waals surface area contributed by atoms with Crippen LogP contribution in [0.2, 0.25) is 0 Å². The molecule has 2 aliphatic heterocycles. The molecule has 0 aliphatic carbocycles. The van der Waals surface area contributed by atoms with Gasteiger partial charge in [0.2, 0.25) is 5.95 Å². The number of hydrogen-bond acceptors (Lipinski definition) is 7. The van der Waals surface area contributed by atoms with Crippen molar-refractivity contribution in [3.8, 4) is 10.4 Å². The predicted octanol–water partition coefficient (Wildman–Crippen LogP) is 5.73. The zero-order valence-electron chi connectivity index (χ0n) is 18.1. The molecule has 0 unspecified atom stereocenters. The van der Waals surface area contributed by atoms with E-state index in [1.165, 1.54) is 0 Å². The van der Waals surface area contributed by atoms with Crippen LogP contribution in [-0.2, 0) is 6.18 Å². The Hall–Kier alpha value is -3.01. The van der Waals surface area contributed by atoms with E-state index in [1.807, 2.05) is 31.3 Å². The minimum atomic E-state index is -4.52. The van der Waals surface area contributed by atoms with E-state index in [1.54, 1.807) is 11.3 Å². The summed E-state index contributed by atoms with van der Waals surface area (Å²) in [5.41, 5.74) is 1.84. The molecule has 10 heteroatoms. The number of halogens is 3. The third kappa shape index (κ3) is 4.71. The second-order valence-electron chi connectivity index (χ2n) is 8.62. The number of rotatable bonds is 4. The minimum absolute atomic E-state index is 0.0935. The summed E-state index contributed by atoms with van der Waals surface area (Å²) in [6, 6.07) is 6.62. The first-order valence-corrected chi connectivity index (χ1v) is 11.6. The molecule has 1 fully saturated rings. The quantitative estimate of drug-likeness (QED) is 0.525. The maximum atomic E-state index is 13.0. The maximum Gasteiger partial charge on any atom is 0.433 e. The summed E-state index contributed by atoms with van der Waals surface area (Å²) in [6.07, 6.45) is 3.95. The van der Waals surface area contributed by atoms with Crippen LogP contribution in [0, 0.1) is 12.3 Å². The van der Waals surface area contributed by atoms with Crippen LogP contribution >= 0.6 is 11.3 Å². The zero-order valence-corrected chi connectivity index (χ0v) is 18.9. The number of hydrogen-bond donors (Lipinski definition) is 1. The Morgan fingerprint density at radius 1 is 1.09 bits per heavy atom. The first-order chi connectivity index (χ1) is 15.8. The summed E-state index contributed by atoms with van der Waals surface area (Å²) >= 11 is 1.63. The average molecular weight is 473 g/mol. The Balaban J connectivity index is 1.33. The molecule has 0 amide bonds. The lowest BCUT2D eigenvalue weighted by molar-refractivity contribution is -0.141. The number of aliphatic imine (C=N–C) groups is 1. The van der Waals surface area contributed by atoms with Gasteiger partial charge in [0.25, 0.3) is 0 Å². The van der Waals surface area contributed by atoms with Crippen LogP contribution in [0.5, 0.6) is 0 Å². The number of benzene rings is 1. The highest BCUT2D eigenvalue weighted by atomic mass is 32.1. The lowest BCUT2D eigenvalue weighted by Gasteiger charge is -2.37. The average Bonchev–Trinajstić information content (AvgIpc) is 3.44. The summed E-state index contributed by atoms with van der Waals surface area (Å²) < 4.78 is 38.9. The fourth-order valence-corrected chi connectivity index (χ4v) is 5.34. The van der Waals surface area contributed by atoms with E-state index in [0.29, 0.717) is 5.69 Å². The lowest BCUT2D eigenvalue weighted by Crippen LogP contribution is -2.40. The topological polar surface area (TPSA) is 66.3 Å². The van der Waals surface area contributed by atoms with Crippen molar-refractivity contribution in [1.82, 2.24) is 15.0 Å². The van der Waals surface area contributed by atoms with Crippen LogP contribution in [0.4, 0.5) is 29.9 Å². The van der Waals surface area contributed by atoms with Gasteiger partial charge in [-0.1, -0.05) is 17.4 Å². The molecule has 3 aromatic rings. The number of nitrogens with one attached hydrogen (secondary N) is 1. The van der Waals surface area contributed by atoms with Crippen molar-refractivity contribution in [2.75, 3.05) is 29.9 Å². The van der Waals surface area contributed by atoms with Gasteiger partial charge in [-0.2, -0.15) is 13.2 Å². The third-order valence-corrected chi connectivity index (χ3v) is 7.30. The van der Waals surface area contributed by atoms with Crippen molar-refractivity contribution in [3.05, 3.63) is 47.9 Å². The number of aryl methyl sites for hydroxylation is 1. The molecule has 2 aliphatic rings. The maximum absolute atomic E-state index is 13.0. The Kier molecular flexibility index (Phi) is 5.55. The molecular formula is C23H23F3N6S. The Morgan fingerprint density at radius 3 is 2.64 bits per heavy atom. The van der Waals surface area contributed by atoms with Gasteiger partial charge in [0.1, 0.15) is 5.69 Å². The first-order valence-electron chi connectivity index (χ1n) is 10.8. The van der Waals surface area contributed by atoms with Gasteiger partial charge in [0, 0.05) is 49.3 Å². The monoisotopic (exact) mass is 472 g/mol. The largest absolute Gasteiger partial charge is 0.433 e. The molecule has 33 heavy (non-hydrogen) atoms. The predicted molar refractivity (Wildman–Crippen MR) is 124 cm³/mol. The van der Waals surface area contributed by atoms with Crippen molar-refractivity contribution >= 4 is 34.3 Å². The number of aromatic nitrogens is 3. The van der Waals surface area contributed by atoms with E-state index >= 15 is 0 Å². The van der Waals surface area contributed by atoms with Crippen LogP contribution in [0.1, 0.15) is 30.5 Å². The number of anilines is 3. The van der Waals surface area contributed by atoms with Gasteiger partial charge in [-0.05, 0) is 55.5 Å². The molecule has 172 valence electrons.